The van der Waals surface area contributed by atoms with Crippen molar-refractivity contribution in [2.45, 2.75) is 40.3 Å². The molecular weight excluding hydrogens is 228 g/mol. The first kappa shape index (κ1) is 14.9. The van der Waals surface area contributed by atoms with Gasteiger partial charge in [-0.2, -0.15) is 0 Å². The van der Waals surface area contributed by atoms with E-state index >= 15 is 0 Å². The summed E-state index contributed by atoms with van der Waals surface area (Å²) in [5.41, 5.74) is 1.97. The molecule has 0 bridgehead atoms. The van der Waals surface area contributed by atoms with E-state index in [1.54, 1.807) is 0 Å². The van der Waals surface area contributed by atoms with Gasteiger partial charge in [-0.3, -0.25) is 4.98 Å². The van der Waals surface area contributed by atoms with Crippen molar-refractivity contribution in [3.05, 3.63) is 23.5 Å². The molecule has 1 aromatic heterocycles. The van der Waals surface area contributed by atoms with Crippen LogP contribution >= 0.6 is 0 Å². The third-order valence-corrected chi connectivity index (χ3v) is 2.44. The zero-order valence-corrected chi connectivity index (χ0v) is 11.8. The van der Waals surface area contributed by atoms with E-state index in [0.717, 1.165) is 30.3 Å². The summed E-state index contributed by atoms with van der Waals surface area (Å²) in [4.78, 5) is 4.52. The number of rotatable bonds is 8. The van der Waals surface area contributed by atoms with Crippen LogP contribution in [0, 0.1) is 6.92 Å². The van der Waals surface area contributed by atoms with Crippen LogP contribution in [0.5, 0.6) is 5.75 Å². The van der Waals surface area contributed by atoms with Crippen LogP contribution in [0.15, 0.2) is 12.1 Å². The Hall–Kier alpha value is -1.13. The lowest BCUT2D eigenvalue weighted by Gasteiger charge is -2.13. The van der Waals surface area contributed by atoms with Gasteiger partial charge in [0.05, 0.1) is 12.3 Å². The van der Waals surface area contributed by atoms with E-state index in [2.05, 4.69) is 24.1 Å². The lowest BCUT2D eigenvalue weighted by molar-refractivity contribution is 0.109. The Morgan fingerprint density at radius 2 is 2.06 bits per heavy atom. The monoisotopic (exact) mass is 252 g/mol. The Labute approximate surface area is 110 Å². The van der Waals surface area contributed by atoms with Crippen molar-refractivity contribution in [1.82, 2.24) is 10.3 Å². The van der Waals surface area contributed by atoms with Gasteiger partial charge in [0.25, 0.3) is 0 Å². The minimum absolute atomic E-state index is 0.434. The third kappa shape index (κ3) is 5.47. The smallest absolute Gasteiger partial charge is 0.142 e. The molecule has 0 aliphatic carbocycles. The average Bonchev–Trinajstić information content (AvgIpc) is 2.34. The molecular formula is C14H24N2O2. The van der Waals surface area contributed by atoms with Crippen molar-refractivity contribution in [2.75, 3.05) is 19.8 Å². The van der Waals surface area contributed by atoms with Gasteiger partial charge < -0.3 is 14.8 Å². The fraction of sp³-hybridized carbons (Fsp3) is 0.643. The summed E-state index contributed by atoms with van der Waals surface area (Å²) in [7, 11) is 0. The van der Waals surface area contributed by atoms with Crippen LogP contribution in [0.3, 0.4) is 0 Å². The van der Waals surface area contributed by atoms with Gasteiger partial charge in [0.2, 0.25) is 0 Å². The van der Waals surface area contributed by atoms with E-state index < -0.39 is 0 Å². The molecule has 0 saturated heterocycles. The molecule has 0 aliphatic rings. The summed E-state index contributed by atoms with van der Waals surface area (Å²) in [6.45, 7) is 10.8. The predicted molar refractivity (Wildman–Crippen MR) is 72.9 cm³/mol. The predicted octanol–water partition coefficient (Wildman–Crippen LogP) is 2.30. The second-order valence-corrected chi connectivity index (χ2v) is 4.48. The minimum Gasteiger partial charge on any atom is -0.489 e. The topological polar surface area (TPSA) is 43.4 Å². The third-order valence-electron chi connectivity index (χ3n) is 2.44. The molecule has 18 heavy (non-hydrogen) atoms. The molecule has 1 heterocycles. The van der Waals surface area contributed by atoms with Crippen molar-refractivity contribution in [3.63, 3.8) is 0 Å². The summed E-state index contributed by atoms with van der Waals surface area (Å²) < 4.78 is 11.0. The number of aromatic nitrogens is 1. The molecule has 4 heteroatoms. The highest BCUT2D eigenvalue weighted by Gasteiger charge is 2.06. The molecule has 4 nitrogen and oxygen atoms in total. The summed E-state index contributed by atoms with van der Waals surface area (Å²) >= 11 is 0. The summed E-state index contributed by atoms with van der Waals surface area (Å²) in [5, 5.41) is 3.36. The van der Waals surface area contributed by atoms with E-state index in [4.69, 9.17) is 9.47 Å². The first-order valence-electron chi connectivity index (χ1n) is 6.54. The van der Waals surface area contributed by atoms with Gasteiger partial charge in [0.15, 0.2) is 0 Å². The second kappa shape index (κ2) is 8.06. The highest BCUT2D eigenvalue weighted by Crippen LogP contribution is 2.16. The van der Waals surface area contributed by atoms with Crippen molar-refractivity contribution < 1.29 is 9.47 Å². The van der Waals surface area contributed by atoms with Crippen LogP contribution in [0.1, 0.15) is 32.2 Å². The maximum Gasteiger partial charge on any atom is 0.142 e. The highest BCUT2D eigenvalue weighted by molar-refractivity contribution is 5.29. The van der Waals surface area contributed by atoms with Gasteiger partial charge >= 0.3 is 0 Å². The fourth-order valence-corrected chi connectivity index (χ4v) is 1.51. The number of ether oxygens (including phenoxy) is 2. The zero-order valence-electron chi connectivity index (χ0n) is 11.8. The van der Waals surface area contributed by atoms with E-state index in [1.807, 2.05) is 26.0 Å². The highest BCUT2D eigenvalue weighted by atomic mass is 16.5. The largest absolute Gasteiger partial charge is 0.489 e. The van der Waals surface area contributed by atoms with Gasteiger partial charge in [-0.15, -0.1) is 0 Å². The van der Waals surface area contributed by atoms with Gasteiger partial charge in [-0.1, -0.05) is 13.8 Å². The summed E-state index contributed by atoms with van der Waals surface area (Å²) in [6.07, 6.45) is 0. The van der Waals surface area contributed by atoms with E-state index in [0.29, 0.717) is 19.3 Å². The van der Waals surface area contributed by atoms with Gasteiger partial charge in [0, 0.05) is 24.9 Å². The Morgan fingerprint density at radius 3 is 2.72 bits per heavy atom. The Bertz CT molecular complexity index is 354. The Morgan fingerprint density at radius 1 is 1.28 bits per heavy atom. The number of aryl methyl sites for hydroxylation is 1. The minimum atomic E-state index is 0.434. The lowest BCUT2D eigenvalue weighted by Crippen LogP contribution is -2.23. The Kier molecular flexibility index (Phi) is 6.68. The molecule has 1 aromatic rings. The molecule has 1 N–H and O–H groups in total. The molecule has 0 aromatic carbocycles. The molecule has 0 radical (unpaired) electrons. The van der Waals surface area contributed by atoms with Crippen LogP contribution in [0.25, 0.3) is 0 Å². The molecule has 1 rings (SSSR count). The maximum atomic E-state index is 5.70. The first-order chi connectivity index (χ1) is 8.63. The molecule has 0 spiro atoms. The molecule has 0 amide bonds. The maximum absolute atomic E-state index is 5.70. The van der Waals surface area contributed by atoms with Gasteiger partial charge in [-0.05, 0) is 26.0 Å². The van der Waals surface area contributed by atoms with Crippen LogP contribution < -0.4 is 10.1 Å². The number of hydrogen-bond donors (Lipinski definition) is 1. The Balaban J connectivity index is 2.58. The number of nitrogens with zero attached hydrogens (tertiary/aromatic N) is 1. The first-order valence-corrected chi connectivity index (χ1v) is 6.54. The zero-order chi connectivity index (χ0) is 13.4. The standard InChI is InChI=1S/C14H24N2O2/c1-5-17-8-9-18-14-7-6-12(4)16-13(14)10-15-11(2)3/h6-7,11,15H,5,8-10H2,1-4H3. The molecule has 0 unspecified atom stereocenters. The molecule has 0 atom stereocenters. The van der Waals surface area contributed by atoms with Crippen molar-refractivity contribution in [2.24, 2.45) is 0 Å². The van der Waals surface area contributed by atoms with Crippen LogP contribution in [0.2, 0.25) is 0 Å². The normalized spacial score (nSPS) is 10.9. The van der Waals surface area contributed by atoms with Crippen molar-refractivity contribution in [1.29, 1.82) is 0 Å². The van der Waals surface area contributed by atoms with Gasteiger partial charge in [0.1, 0.15) is 12.4 Å². The van der Waals surface area contributed by atoms with Crippen LogP contribution in [-0.4, -0.2) is 30.8 Å². The SMILES string of the molecule is CCOCCOc1ccc(C)nc1CNC(C)C. The molecule has 0 aliphatic heterocycles. The lowest BCUT2D eigenvalue weighted by atomic mass is 10.2. The average molecular weight is 252 g/mol. The molecule has 0 saturated carbocycles. The summed E-state index contributed by atoms with van der Waals surface area (Å²) in [5.74, 6) is 0.841. The fourth-order valence-electron chi connectivity index (χ4n) is 1.51. The summed E-state index contributed by atoms with van der Waals surface area (Å²) in [6, 6.07) is 4.38. The van der Waals surface area contributed by atoms with Gasteiger partial charge in [-0.25, -0.2) is 0 Å². The van der Waals surface area contributed by atoms with Crippen molar-refractivity contribution >= 4 is 0 Å². The van der Waals surface area contributed by atoms with E-state index in [1.165, 1.54) is 0 Å². The molecule has 102 valence electrons. The number of pyridine rings is 1. The second-order valence-electron chi connectivity index (χ2n) is 4.48. The van der Waals surface area contributed by atoms with Crippen LogP contribution in [0.4, 0.5) is 0 Å². The quantitative estimate of drug-likeness (QED) is 0.721. The number of hydrogen-bond acceptors (Lipinski definition) is 4. The molecule has 0 fully saturated rings. The van der Waals surface area contributed by atoms with Crippen LogP contribution in [-0.2, 0) is 11.3 Å². The van der Waals surface area contributed by atoms with Crippen molar-refractivity contribution in [3.8, 4) is 5.75 Å². The van der Waals surface area contributed by atoms with E-state index in [9.17, 15) is 0 Å². The van der Waals surface area contributed by atoms with E-state index in [-0.39, 0.29) is 0 Å². The number of nitrogens with one attached hydrogen (secondary N) is 1.